The van der Waals surface area contributed by atoms with E-state index in [1.807, 2.05) is 13.8 Å². The van der Waals surface area contributed by atoms with Gasteiger partial charge in [0, 0.05) is 12.4 Å². The van der Waals surface area contributed by atoms with Crippen LogP contribution in [-0.2, 0) is 10.0 Å². The van der Waals surface area contributed by atoms with E-state index in [0.29, 0.717) is 0 Å². The molecule has 0 saturated carbocycles. The lowest BCUT2D eigenvalue weighted by molar-refractivity contribution is 0.587. The molecule has 3 nitrogen and oxygen atoms in total. The molecular formula is C14H15NO2S. The molecule has 2 aromatic rings. The first kappa shape index (κ1) is 12.6. The van der Waals surface area contributed by atoms with Crippen LogP contribution in [0.2, 0.25) is 0 Å². The molecule has 0 bridgehead atoms. The Kier molecular flexibility index (Phi) is 3.13. The summed E-state index contributed by atoms with van der Waals surface area (Å²) in [6.45, 7) is 7.56. The maximum atomic E-state index is 12.3. The van der Waals surface area contributed by atoms with Crippen LogP contribution in [0.3, 0.4) is 0 Å². The summed E-state index contributed by atoms with van der Waals surface area (Å²) < 4.78 is 25.9. The number of benzene rings is 1. The first-order chi connectivity index (χ1) is 8.41. The number of aromatic nitrogens is 1. The van der Waals surface area contributed by atoms with Gasteiger partial charge < -0.3 is 0 Å². The molecule has 1 heterocycles. The number of aryl methyl sites for hydroxylation is 1. The van der Waals surface area contributed by atoms with Crippen LogP contribution in [-0.4, -0.2) is 12.4 Å². The summed E-state index contributed by atoms with van der Waals surface area (Å²) in [7, 11) is -3.49. The Morgan fingerprint density at radius 1 is 1.17 bits per heavy atom. The average molecular weight is 261 g/mol. The highest BCUT2D eigenvalue weighted by Gasteiger charge is 2.16. The Bertz CT molecular complexity index is 679. The van der Waals surface area contributed by atoms with Crippen molar-refractivity contribution in [3.05, 3.63) is 60.4 Å². The SMILES string of the molecule is C=C(C)c1ccn(S(=O)(=O)c2ccc(C)cc2)c1. The molecule has 1 aromatic carbocycles. The third-order valence-corrected chi connectivity index (χ3v) is 4.41. The molecule has 0 unspecified atom stereocenters. The fraction of sp³-hybridized carbons (Fsp3) is 0.143. The van der Waals surface area contributed by atoms with Crippen molar-refractivity contribution in [3.8, 4) is 0 Å². The van der Waals surface area contributed by atoms with Crippen LogP contribution in [0.15, 0.2) is 54.2 Å². The molecule has 0 radical (unpaired) electrons. The molecule has 18 heavy (non-hydrogen) atoms. The molecule has 0 amide bonds. The van der Waals surface area contributed by atoms with E-state index in [0.717, 1.165) is 16.7 Å². The Hall–Kier alpha value is -1.81. The minimum absolute atomic E-state index is 0.289. The first-order valence-electron chi connectivity index (χ1n) is 5.57. The zero-order valence-corrected chi connectivity index (χ0v) is 11.2. The van der Waals surface area contributed by atoms with Crippen LogP contribution in [0.1, 0.15) is 18.1 Å². The zero-order valence-electron chi connectivity index (χ0n) is 10.4. The van der Waals surface area contributed by atoms with Crippen molar-refractivity contribution in [1.82, 2.24) is 3.97 Å². The largest absolute Gasteiger partial charge is 0.267 e. The standard InChI is InChI=1S/C14H15NO2S/c1-11(2)13-8-9-15(10-13)18(16,17)14-6-4-12(3)5-7-14/h4-10H,1H2,2-3H3. The molecule has 0 aliphatic rings. The molecule has 0 aliphatic carbocycles. The molecule has 0 saturated heterocycles. The highest BCUT2D eigenvalue weighted by molar-refractivity contribution is 7.90. The summed E-state index contributed by atoms with van der Waals surface area (Å²) in [5.74, 6) is 0. The number of hydrogen-bond acceptors (Lipinski definition) is 2. The highest BCUT2D eigenvalue weighted by atomic mass is 32.2. The van der Waals surface area contributed by atoms with Crippen molar-refractivity contribution >= 4 is 15.6 Å². The minimum atomic E-state index is -3.49. The fourth-order valence-electron chi connectivity index (χ4n) is 1.61. The van der Waals surface area contributed by atoms with Gasteiger partial charge in [0.25, 0.3) is 10.0 Å². The summed E-state index contributed by atoms with van der Waals surface area (Å²) >= 11 is 0. The summed E-state index contributed by atoms with van der Waals surface area (Å²) in [6, 6.07) is 8.55. The van der Waals surface area contributed by atoms with E-state index in [2.05, 4.69) is 6.58 Å². The van der Waals surface area contributed by atoms with Gasteiger partial charge in [-0.25, -0.2) is 12.4 Å². The van der Waals surface area contributed by atoms with Gasteiger partial charge >= 0.3 is 0 Å². The quantitative estimate of drug-likeness (QED) is 0.851. The van der Waals surface area contributed by atoms with Gasteiger partial charge in [-0.1, -0.05) is 24.3 Å². The first-order valence-corrected chi connectivity index (χ1v) is 7.01. The number of rotatable bonds is 3. The van der Waals surface area contributed by atoms with Gasteiger partial charge in [-0.05, 0) is 43.2 Å². The van der Waals surface area contributed by atoms with Gasteiger partial charge in [-0.3, -0.25) is 0 Å². The van der Waals surface area contributed by atoms with Crippen molar-refractivity contribution in [1.29, 1.82) is 0 Å². The van der Waals surface area contributed by atoms with Crippen LogP contribution in [0, 0.1) is 6.92 Å². The molecule has 2 rings (SSSR count). The maximum Gasteiger partial charge on any atom is 0.267 e. The Morgan fingerprint density at radius 3 is 2.28 bits per heavy atom. The Balaban J connectivity index is 2.47. The summed E-state index contributed by atoms with van der Waals surface area (Å²) in [5, 5.41) is 0. The van der Waals surface area contributed by atoms with E-state index in [-0.39, 0.29) is 4.90 Å². The van der Waals surface area contributed by atoms with Crippen molar-refractivity contribution in [2.24, 2.45) is 0 Å². The van der Waals surface area contributed by atoms with Crippen molar-refractivity contribution in [2.45, 2.75) is 18.7 Å². The lowest BCUT2D eigenvalue weighted by Gasteiger charge is -2.05. The molecular weight excluding hydrogens is 246 g/mol. The summed E-state index contributed by atoms with van der Waals surface area (Å²) in [6.07, 6.45) is 3.12. The molecule has 94 valence electrons. The summed E-state index contributed by atoms with van der Waals surface area (Å²) in [4.78, 5) is 0.289. The van der Waals surface area contributed by atoms with E-state index in [4.69, 9.17) is 0 Å². The lowest BCUT2D eigenvalue weighted by atomic mass is 10.2. The van der Waals surface area contributed by atoms with E-state index >= 15 is 0 Å². The second kappa shape index (κ2) is 4.46. The van der Waals surface area contributed by atoms with E-state index in [1.165, 1.54) is 3.97 Å². The highest BCUT2D eigenvalue weighted by Crippen LogP contribution is 2.18. The monoisotopic (exact) mass is 261 g/mol. The third-order valence-electron chi connectivity index (χ3n) is 2.76. The third kappa shape index (κ3) is 2.24. The van der Waals surface area contributed by atoms with Gasteiger partial charge in [0.2, 0.25) is 0 Å². The van der Waals surface area contributed by atoms with Gasteiger partial charge in [0.05, 0.1) is 4.90 Å². The van der Waals surface area contributed by atoms with Crippen molar-refractivity contribution in [3.63, 3.8) is 0 Å². The van der Waals surface area contributed by atoms with Gasteiger partial charge in [0.15, 0.2) is 0 Å². The van der Waals surface area contributed by atoms with Crippen LogP contribution in [0.4, 0.5) is 0 Å². The smallest absolute Gasteiger partial charge is 0.248 e. The lowest BCUT2D eigenvalue weighted by Crippen LogP contribution is -2.10. The number of nitrogens with zero attached hydrogens (tertiary/aromatic N) is 1. The molecule has 0 fully saturated rings. The predicted molar refractivity (Wildman–Crippen MR) is 72.9 cm³/mol. The molecule has 0 N–H and O–H groups in total. The van der Waals surface area contributed by atoms with Crippen molar-refractivity contribution in [2.75, 3.05) is 0 Å². The maximum absolute atomic E-state index is 12.3. The molecule has 0 spiro atoms. The molecule has 0 aliphatic heterocycles. The molecule has 1 aromatic heterocycles. The summed E-state index contributed by atoms with van der Waals surface area (Å²) in [5.41, 5.74) is 2.70. The molecule has 0 atom stereocenters. The Labute approximate surface area is 107 Å². The molecule has 4 heteroatoms. The van der Waals surface area contributed by atoms with Crippen LogP contribution in [0.25, 0.3) is 5.57 Å². The van der Waals surface area contributed by atoms with Crippen LogP contribution < -0.4 is 0 Å². The van der Waals surface area contributed by atoms with Gasteiger partial charge in [-0.15, -0.1) is 0 Å². The van der Waals surface area contributed by atoms with Crippen LogP contribution in [0.5, 0.6) is 0 Å². The van der Waals surface area contributed by atoms with E-state index in [9.17, 15) is 8.42 Å². The van der Waals surface area contributed by atoms with E-state index < -0.39 is 10.0 Å². The second-order valence-electron chi connectivity index (χ2n) is 4.33. The number of hydrogen-bond donors (Lipinski definition) is 0. The Morgan fingerprint density at radius 2 is 1.78 bits per heavy atom. The zero-order chi connectivity index (χ0) is 13.3. The fourth-order valence-corrected chi connectivity index (χ4v) is 2.81. The number of allylic oxidation sites excluding steroid dienone is 1. The minimum Gasteiger partial charge on any atom is -0.248 e. The average Bonchev–Trinajstić information content (AvgIpc) is 2.79. The van der Waals surface area contributed by atoms with Gasteiger partial charge in [0.1, 0.15) is 0 Å². The topological polar surface area (TPSA) is 39.1 Å². The second-order valence-corrected chi connectivity index (χ2v) is 6.17. The predicted octanol–water partition coefficient (Wildman–Crippen LogP) is 3.07. The normalized spacial score (nSPS) is 11.4. The van der Waals surface area contributed by atoms with Crippen LogP contribution >= 0.6 is 0 Å². The van der Waals surface area contributed by atoms with Crippen molar-refractivity contribution < 1.29 is 8.42 Å². The van der Waals surface area contributed by atoms with E-state index in [1.54, 1.807) is 42.7 Å². The van der Waals surface area contributed by atoms with Gasteiger partial charge in [-0.2, -0.15) is 0 Å².